The zero-order valence-corrected chi connectivity index (χ0v) is 69.7. The van der Waals surface area contributed by atoms with Gasteiger partial charge in [0.25, 0.3) is 0 Å². The summed E-state index contributed by atoms with van der Waals surface area (Å²) in [7, 11) is 0. The van der Waals surface area contributed by atoms with Crippen molar-refractivity contribution in [3.8, 4) is 76.3 Å². The Labute approximate surface area is 731 Å². The average molecular weight is 1650 g/mol. The zero-order valence-electron chi connectivity index (χ0n) is 68.1. The molecule has 11 heteroatoms. The van der Waals surface area contributed by atoms with Crippen molar-refractivity contribution in [1.29, 1.82) is 0 Å². The number of ether oxygens (including phenoxy) is 6. The van der Waals surface area contributed by atoms with Crippen LogP contribution in [0.15, 0.2) is 405 Å². The van der Waals surface area contributed by atoms with Gasteiger partial charge >= 0.3 is 0 Å². The van der Waals surface area contributed by atoms with E-state index in [2.05, 4.69) is 326 Å². The molecule has 0 saturated heterocycles. The number of nitrogens with zero attached hydrogens (tertiary/aromatic N) is 2. The quantitative estimate of drug-likeness (QED) is 0.0351. The molecule has 0 radical (unpaired) electrons. The minimum Gasteiger partial charge on any atom is -0.489 e. The molecule has 0 aliphatic carbocycles. The molecule has 0 bridgehead atoms. The number of fused-ring (bicyclic) bond motifs is 1. The summed E-state index contributed by atoms with van der Waals surface area (Å²) in [6.45, 7) is 2.34. The maximum Gasteiger partial charge on any atom is 0.144 e. The summed E-state index contributed by atoms with van der Waals surface area (Å²) in [5.74, 6) is 4.66. The molecule has 19 aromatic carbocycles. The Morgan fingerprint density at radius 1 is 0.224 bits per heavy atom. The van der Waals surface area contributed by atoms with E-state index in [4.69, 9.17) is 33.1 Å². The van der Waals surface area contributed by atoms with E-state index < -0.39 is 0 Å². The molecule has 2 unspecified atom stereocenters. The topological polar surface area (TPSA) is 94.3 Å². The van der Waals surface area contributed by atoms with Crippen molar-refractivity contribution < 1.29 is 33.1 Å². The largest absolute Gasteiger partial charge is 0.489 e. The van der Waals surface area contributed by atoms with Crippen LogP contribution in [0, 0.1) is 0 Å². The van der Waals surface area contributed by atoms with Gasteiger partial charge in [0.1, 0.15) is 85.2 Å². The molecule has 0 spiro atoms. The van der Waals surface area contributed by atoms with Gasteiger partial charge in [0.05, 0.1) is 0 Å². The second-order valence-corrected chi connectivity index (χ2v) is 34.2. The molecular weight excluding hydrogens is 1570 g/mol. The minimum atomic E-state index is 0.0205. The second-order valence-electron chi connectivity index (χ2n) is 32.0. The van der Waals surface area contributed by atoms with Crippen LogP contribution in [0.1, 0.15) is 78.6 Å². The lowest BCUT2D eigenvalue weighted by Gasteiger charge is -2.23. The third-order valence-corrected chi connectivity index (χ3v) is 26.3. The van der Waals surface area contributed by atoms with Crippen molar-refractivity contribution in [2.75, 3.05) is 0 Å². The van der Waals surface area contributed by atoms with Crippen molar-refractivity contribution >= 4 is 98.3 Å². The fraction of sp³-hybridized carbons (Fsp3) is 0.0702. The molecule has 125 heavy (non-hydrogen) atoms. The first-order valence-corrected chi connectivity index (χ1v) is 43.9. The molecule has 0 amide bonds. The first-order chi connectivity index (χ1) is 61.9. The highest BCUT2D eigenvalue weighted by atomic mass is 32.1. The Bertz CT molecular complexity index is 7200. The molecule has 2 atom stereocenters. The summed E-state index contributed by atoms with van der Waals surface area (Å²) in [6, 6.07) is 142. The van der Waals surface area contributed by atoms with Crippen molar-refractivity contribution in [1.82, 2.24) is 10.3 Å². The van der Waals surface area contributed by atoms with Crippen LogP contribution < -0.4 is 28.4 Å². The van der Waals surface area contributed by atoms with Crippen molar-refractivity contribution in [3.63, 3.8) is 0 Å². The van der Waals surface area contributed by atoms with Crippen LogP contribution in [0.5, 0.6) is 34.5 Å². The van der Waals surface area contributed by atoms with Crippen LogP contribution >= 0.6 is 22.7 Å². The lowest BCUT2D eigenvalue weighted by Crippen LogP contribution is -2.06. The monoisotopic (exact) mass is 1650 g/mol. The Hall–Kier alpha value is -15.1. The Kier molecular flexibility index (Phi) is 20.5. The van der Waals surface area contributed by atoms with E-state index in [1.54, 1.807) is 22.7 Å². The number of hydrogen-bond acceptors (Lipinski definition) is 11. The van der Waals surface area contributed by atoms with Crippen molar-refractivity contribution in [2.45, 2.75) is 51.5 Å². The molecule has 0 N–H and O–H groups in total. The van der Waals surface area contributed by atoms with Crippen LogP contribution in [0.4, 0.5) is 0 Å². The third kappa shape index (κ3) is 15.6. The molecule has 22 aromatic rings. The highest BCUT2D eigenvalue weighted by molar-refractivity contribution is 7.19. The Balaban J connectivity index is 0.407. The molecular formula is C114H80N2O7S2. The molecule has 3 aromatic heterocycles. The summed E-state index contributed by atoms with van der Waals surface area (Å²) >= 11 is 3.38. The lowest BCUT2D eigenvalue weighted by molar-refractivity contribution is 0.291. The van der Waals surface area contributed by atoms with Gasteiger partial charge in [0.2, 0.25) is 0 Å². The molecule has 9 nitrogen and oxygen atoms in total. The average Bonchev–Trinajstić information content (AvgIpc) is 1.63. The predicted molar refractivity (Wildman–Crippen MR) is 509 cm³/mol. The van der Waals surface area contributed by atoms with Crippen molar-refractivity contribution in [2.24, 2.45) is 0 Å². The summed E-state index contributed by atoms with van der Waals surface area (Å²) < 4.78 is 44.4. The van der Waals surface area contributed by atoms with Crippen LogP contribution in [0.3, 0.4) is 0 Å². The third-order valence-electron chi connectivity index (χ3n) is 24.0. The van der Waals surface area contributed by atoms with E-state index in [0.29, 0.717) is 50.7 Å². The maximum atomic E-state index is 6.54. The fourth-order valence-electron chi connectivity index (χ4n) is 18.1. The van der Waals surface area contributed by atoms with Gasteiger partial charge in [0.15, 0.2) is 0 Å². The van der Waals surface area contributed by atoms with E-state index in [-0.39, 0.29) is 11.8 Å². The van der Waals surface area contributed by atoms with E-state index in [1.165, 1.54) is 98.0 Å². The number of hydrogen-bond donors (Lipinski definition) is 0. The fourth-order valence-corrected chi connectivity index (χ4v) is 20.1. The van der Waals surface area contributed by atoms with E-state index in [9.17, 15) is 0 Å². The standard InChI is InChI=1S/C114H80N2O7S2/c1-3-23-79(24-4-1)107(97-49-47-85-43-41-81-27-13-29-83-45-51-99(97)111(85)109(81)83)89-33-7-17-73(59-89)67-117-91-35-9-19-75(61-91)69-119-93-37-11-21-77(63-93)71-121-95-39-15-31-87(65-95)103-55-57-105(124-103)101-53-54-102(114-113(101)115-123-116-114)106-58-56-104(125-106)88-32-16-40-96(66-88)122-72-78-22-12-38-94(64-78)120-70-76-20-10-36-92(62-76)118-68-74-18-8-34-90(60-74)108(80-25-5-2-6-26-80)98-50-48-86-44-42-82-28-14-30-84-46-52-100(98)112(86)110(82)84/h1-66,107-108H,67-72H2. The normalized spacial score (nSPS) is 12.1. The van der Waals surface area contributed by atoms with E-state index in [0.717, 1.165) is 110 Å². The molecule has 0 aliphatic heterocycles. The van der Waals surface area contributed by atoms with Gasteiger partial charge in [-0.15, -0.1) is 22.7 Å². The Morgan fingerprint density at radius 2 is 0.512 bits per heavy atom. The lowest BCUT2D eigenvalue weighted by atomic mass is 9.80. The SMILES string of the molecule is c1ccc(C(c2cccc(COc3cccc(COc4cccc(COc5cccc(-c6ccc(-c7ccc(-c8ccc(-c9cccc(OCc%10cccc(OCc%11cccc(OCc%12cccc(C(c%13ccccc%13)c%13ccc%14ccc%15cccc%16ccc%13c%14c%15%16)c%12)c%11)c%10)c9)s8)c8nonc78)s6)c5)c4)c3)c2)c2ccc3ccc4cccc5ccc2c3c45)cc1. The second kappa shape index (κ2) is 33.7. The van der Waals surface area contributed by atoms with Gasteiger partial charge in [-0.25, -0.2) is 4.63 Å². The van der Waals surface area contributed by atoms with Crippen LogP contribution in [-0.4, -0.2) is 10.3 Å². The minimum absolute atomic E-state index is 0.0205. The molecule has 0 saturated carbocycles. The Morgan fingerprint density at radius 3 is 0.880 bits per heavy atom. The van der Waals surface area contributed by atoms with E-state index >= 15 is 0 Å². The number of thiophene rings is 2. The summed E-state index contributed by atoms with van der Waals surface area (Å²) in [5.41, 5.74) is 19.1. The summed E-state index contributed by atoms with van der Waals surface area (Å²) in [6.07, 6.45) is 0. The summed E-state index contributed by atoms with van der Waals surface area (Å²) in [4.78, 5) is 4.30. The van der Waals surface area contributed by atoms with Gasteiger partial charge in [-0.2, -0.15) is 0 Å². The smallest absolute Gasteiger partial charge is 0.144 e. The van der Waals surface area contributed by atoms with Gasteiger partial charge < -0.3 is 28.4 Å². The van der Waals surface area contributed by atoms with Crippen LogP contribution in [-0.2, 0) is 39.6 Å². The van der Waals surface area contributed by atoms with Gasteiger partial charge in [-0.1, -0.05) is 303 Å². The number of benzene rings is 19. The van der Waals surface area contributed by atoms with Gasteiger partial charge in [-0.05, 0) is 250 Å². The predicted octanol–water partition coefficient (Wildman–Crippen LogP) is 29.6. The first kappa shape index (κ1) is 76.0. The number of rotatable bonds is 28. The molecule has 22 rings (SSSR count). The highest BCUT2D eigenvalue weighted by Crippen LogP contribution is 2.48. The molecule has 0 fully saturated rings. The van der Waals surface area contributed by atoms with Crippen LogP contribution in [0.2, 0.25) is 0 Å². The number of aromatic nitrogens is 2. The van der Waals surface area contributed by atoms with Crippen LogP contribution in [0.25, 0.3) is 117 Å². The van der Waals surface area contributed by atoms with Gasteiger partial charge in [0, 0.05) is 42.5 Å². The summed E-state index contributed by atoms with van der Waals surface area (Å²) in [5, 5.41) is 24.4. The van der Waals surface area contributed by atoms with Crippen molar-refractivity contribution in [3.05, 3.63) is 467 Å². The van der Waals surface area contributed by atoms with E-state index in [1.807, 2.05) is 84.9 Å². The molecule has 3 heterocycles. The first-order valence-electron chi connectivity index (χ1n) is 42.3. The molecule has 600 valence electrons. The maximum absolute atomic E-state index is 6.54. The van der Waals surface area contributed by atoms with Gasteiger partial charge in [-0.3, -0.25) is 0 Å². The molecule has 0 aliphatic rings. The highest BCUT2D eigenvalue weighted by Gasteiger charge is 2.26. The zero-order chi connectivity index (χ0) is 82.9.